The first kappa shape index (κ1) is 15.6. The molecule has 2 atom stereocenters. The molecular formula is C16H25N3O2. The number of ether oxygens (including phenoxy) is 1. The highest BCUT2D eigenvalue weighted by molar-refractivity contribution is 5.95. The lowest BCUT2D eigenvalue weighted by molar-refractivity contribution is 0.0526. The van der Waals surface area contributed by atoms with Crippen molar-refractivity contribution in [3.8, 4) is 0 Å². The van der Waals surface area contributed by atoms with Gasteiger partial charge in [-0.25, -0.2) is 9.78 Å². The smallest absolute Gasteiger partial charge is 0.341 e. The highest BCUT2D eigenvalue weighted by atomic mass is 16.5. The molecule has 1 saturated carbocycles. The number of nitrogens with zero attached hydrogens (tertiary/aromatic N) is 2. The van der Waals surface area contributed by atoms with Crippen LogP contribution in [0.25, 0.3) is 0 Å². The number of esters is 1. The number of nitrogens with two attached hydrogens (primary N) is 1. The second-order valence-electron chi connectivity index (χ2n) is 5.80. The minimum Gasteiger partial charge on any atom is -0.462 e. The first-order valence-corrected chi connectivity index (χ1v) is 7.70. The topological polar surface area (TPSA) is 68.5 Å². The van der Waals surface area contributed by atoms with Gasteiger partial charge in [0.15, 0.2) is 0 Å². The third-order valence-corrected chi connectivity index (χ3v) is 4.28. The van der Waals surface area contributed by atoms with E-state index in [1.165, 1.54) is 19.3 Å². The van der Waals surface area contributed by atoms with E-state index in [0.717, 1.165) is 6.42 Å². The van der Waals surface area contributed by atoms with Gasteiger partial charge in [-0.2, -0.15) is 0 Å². The molecule has 1 aromatic rings. The number of anilines is 2. The van der Waals surface area contributed by atoms with E-state index < -0.39 is 0 Å². The fourth-order valence-corrected chi connectivity index (χ4v) is 3.14. The van der Waals surface area contributed by atoms with Gasteiger partial charge >= 0.3 is 5.97 Å². The van der Waals surface area contributed by atoms with E-state index >= 15 is 0 Å². The summed E-state index contributed by atoms with van der Waals surface area (Å²) >= 11 is 0. The lowest BCUT2D eigenvalue weighted by Gasteiger charge is -2.37. The number of nitrogen functional groups attached to an aromatic ring is 1. The van der Waals surface area contributed by atoms with Crippen LogP contribution in [0.15, 0.2) is 12.3 Å². The normalized spacial score (nSPS) is 21.9. The molecule has 21 heavy (non-hydrogen) atoms. The van der Waals surface area contributed by atoms with E-state index in [2.05, 4.69) is 16.8 Å². The number of carbonyl (C=O) groups is 1. The Labute approximate surface area is 126 Å². The van der Waals surface area contributed by atoms with Crippen LogP contribution in [-0.4, -0.2) is 30.6 Å². The summed E-state index contributed by atoms with van der Waals surface area (Å²) in [6.45, 7) is 4.41. The van der Waals surface area contributed by atoms with Crippen LogP contribution < -0.4 is 10.6 Å². The third kappa shape index (κ3) is 3.46. The van der Waals surface area contributed by atoms with Crippen molar-refractivity contribution in [2.75, 3.05) is 24.3 Å². The van der Waals surface area contributed by atoms with Gasteiger partial charge in [0.25, 0.3) is 0 Å². The molecule has 0 bridgehead atoms. The zero-order valence-corrected chi connectivity index (χ0v) is 13.1. The summed E-state index contributed by atoms with van der Waals surface area (Å²) < 4.78 is 5.13. The van der Waals surface area contributed by atoms with Crippen LogP contribution in [0.5, 0.6) is 0 Å². The number of hydrogen-bond donors (Lipinski definition) is 1. The van der Waals surface area contributed by atoms with Gasteiger partial charge in [-0.15, -0.1) is 0 Å². The lowest BCUT2D eigenvalue weighted by atomic mass is 9.85. The maximum absolute atomic E-state index is 12.1. The summed E-state index contributed by atoms with van der Waals surface area (Å²) in [4.78, 5) is 18.7. The highest BCUT2D eigenvalue weighted by Crippen LogP contribution is 2.31. The average molecular weight is 291 g/mol. The standard InChI is InChI=1S/C16H25N3O2/c1-4-21-16(20)13-9-12(17)10-18-15(13)19(3)14-8-6-5-7-11(14)2/h9-11,14H,4-8,17H2,1-3H3. The largest absolute Gasteiger partial charge is 0.462 e. The van der Waals surface area contributed by atoms with Crippen molar-refractivity contribution >= 4 is 17.5 Å². The lowest BCUT2D eigenvalue weighted by Crippen LogP contribution is -2.40. The summed E-state index contributed by atoms with van der Waals surface area (Å²) in [5, 5.41) is 0. The third-order valence-electron chi connectivity index (χ3n) is 4.28. The first-order valence-electron chi connectivity index (χ1n) is 7.70. The quantitative estimate of drug-likeness (QED) is 0.864. The summed E-state index contributed by atoms with van der Waals surface area (Å²) in [5.74, 6) is 0.905. The number of hydrogen-bond acceptors (Lipinski definition) is 5. The molecule has 2 N–H and O–H groups in total. The minimum absolute atomic E-state index is 0.344. The monoisotopic (exact) mass is 291 g/mol. The van der Waals surface area contributed by atoms with E-state index in [-0.39, 0.29) is 5.97 Å². The Morgan fingerprint density at radius 1 is 1.48 bits per heavy atom. The molecule has 1 heterocycles. The molecule has 5 nitrogen and oxygen atoms in total. The molecule has 2 unspecified atom stereocenters. The fourth-order valence-electron chi connectivity index (χ4n) is 3.14. The molecule has 1 aromatic heterocycles. The van der Waals surface area contributed by atoms with Crippen molar-refractivity contribution in [2.24, 2.45) is 5.92 Å². The molecule has 1 aliphatic rings. The van der Waals surface area contributed by atoms with Crippen LogP contribution in [-0.2, 0) is 4.74 Å². The maximum Gasteiger partial charge on any atom is 0.341 e. The minimum atomic E-state index is -0.359. The molecule has 116 valence electrons. The second-order valence-corrected chi connectivity index (χ2v) is 5.80. The summed E-state index contributed by atoms with van der Waals surface area (Å²) in [6.07, 6.45) is 6.46. The molecule has 0 aliphatic heterocycles. The van der Waals surface area contributed by atoms with Gasteiger partial charge in [0, 0.05) is 13.1 Å². The molecule has 2 rings (SSSR count). The number of aromatic nitrogens is 1. The second kappa shape index (κ2) is 6.78. The fraction of sp³-hybridized carbons (Fsp3) is 0.625. The van der Waals surface area contributed by atoms with E-state index in [1.54, 1.807) is 19.2 Å². The van der Waals surface area contributed by atoms with Gasteiger partial charge in [-0.05, 0) is 31.7 Å². The number of carbonyl (C=O) groups excluding carboxylic acids is 1. The summed E-state index contributed by atoms with van der Waals surface area (Å²) in [6, 6.07) is 2.06. The Bertz CT molecular complexity index is 504. The van der Waals surface area contributed by atoms with E-state index in [1.807, 2.05) is 7.05 Å². The Morgan fingerprint density at radius 3 is 2.86 bits per heavy atom. The molecule has 0 aromatic carbocycles. The molecule has 0 radical (unpaired) electrons. The van der Waals surface area contributed by atoms with E-state index in [0.29, 0.717) is 35.6 Å². The van der Waals surface area contributed by atoms with E-state index in [9.17, 15) is 4.79 Å². The van der Waals surface area contributed by atoms with Gasteiger partial charge in [-0.1, -0.05) is 19.8 Å². The van der Waals surface area contributed by atoms with Crippen LogP contribution in [0, 0.1) is 5.92 Å². The van der Waals surface area contributed by atoms with Gasteiger partial charge in [0.05, 0.1) is 18.5 Å². The van der Waals surface area contributed by atoms with E-state index in [4.69, 9.17) is 10.5 Å². The van der Waals surface area contributed by atoms with Crippen LogP contribution >= 0.6 is 0 Å². The predicted molar refractivity (Wildman–Crippen MR) is 84.4 cm³/mol. The molecule has 0 spiro atoms. The van der Waals surface area contributed by atoms with Gasteiger partial charge < -0.3 is 15.4 Å². The van der Waals surface area contributed by atoms with Crippen molar-refractivity contribution in [1.29, 1.82) is 0 Å². The van der Waals surface area contributed by atoms with Crippen molar-refractivity contribution in [2.45, 2.75) is 45.6 Å². The van der Waals surface area contributed by atoms with Crippen molar-refractivity contribution in [3.63, 3.8) is 0 Å². The Morgan fingerprint density at radius 2 is 2.19 bits per heavy atom. The summed E-state index contributed by atoms with van der Waals surface area (Å²) in [5.41, 5.74) is 6.71. The molecule has 1 aliphatic carbocycles. The zero-order valence-electron chi connectivity index (χ0n) is 13.1. The summed E-state index contributed by atoms with van der Waals surface area (Å²) in [7, 11) is 2.01. The number of rotatable bonds is 4. The van der Waals surface area contributed by atoms with Crippen molar-refractivity contribution < 1.29 is 9.53 Å². The van der Waals surface area contributed by atoms with Crippen LogP contribution in [0.2, 0.25) is 0 Å². The van der Waals surface area contributed by atoms with Crippen LogP contribution in [0.4, 0.5) is 11.5 Å². The molecule has 0 saturated heterocycles. The molecular weight excluding hydrogens is 266 g/mol. The highest BCUT2D eigenvalue weighted by Gasteiger charge is 2.28. The van der Waals surface area contributed by atoms with Gasteiger partial charge in [0.2, 0.25) is 0 Å². The first-order chi connectivity index (χ1) is 10.0. The maximum atomic E-state index is 12.1. The van der Waals surface area contributed by atoms with Crippen LogP contribution in [0.3, 0.4) is 0 Å². The molecule has 1 fully saturated rings. The Hall–Kier alpha value is -1.78. The van der Waals surface area contributed by atoms with Crippen molar-refractivity contribution in [1.82, 2.24) is 4.98 Å². The molecule has 5 heteroatoms. The average Bonchev–Trinajstić information content (AvgIpc) is 2.47. The number of pyridine rings is 1. The zero-order chi connectivity index (χ0) is 15.4. The molecule has 0 amide bonds. The van der Waals surface area contributed by atoms with Gasteiger partial charge in [-0.3, -0.25) is 0 Å². The predicted octanol–water partition coefficient (Wildman–Crippen LogP) is 2.86. The van der Waals surface area contributed by atoms with Crippen molar-refractivity contribution in [3.05, 3.63) is 17.8 Å². The SMILES string of the molecule is CCOC(=O)c1cc(N)cnc1N(C)C1CCCCC1C. The van der Waals surface area contributed by atoms with Crippen LogP contribution in [0.1, 0.15) is 49.9 Å². The van der Waals surface area contributed by atoms with Gasteiger partial charge in [0.1, 0.15) is 11.4 Å². The Balaban J connectivity index is 2.31. The Kier molecular flexibility index (Phi) is 5.04.